The highest BCUT2D eigenvalue weighted by Gasteiger charge is 2.15. The van der Waals surface area contributed by atoms with E-state index in [1.54, 1.807) is 0 Å². The lowest BCUT2D eigenvalue weighted by Crippen LogP contribution is -2.39. The van der Waals surface area contributed by atoms with Crippen molar-refractivity contribution in [1.29, 1.82) is 0 Å². The van der Waals surface area contributed by atoms with Gasteiger partial charge in [0.1, 0.15) is 0 Å². The van der Waals surface area contributed by atoms with Gasteiger partial charge in [-0.1, -0.05) is 13.8 Å². The maximum absolute atomic E-state index is 11.6. The Balaban J connectivity index is 3.95. The minimum atomic E-state index is -3.36. The van der Waals surface area contributed by atoms with Gasteiger partial charge in [0.05, 0.1) is 0 Å². The first-order chi connectivity index (χ1) is 6.90. The van der Waals surface area contributed by atoms with Gasteiger partial charge in [0.2, 0.25) is 0 Å². The number of hydrogen-bond donors (Lipinski definition) is 2. The average molecular weight is 238 g/mol. The van der Waals surface area contributed by atoms with Crippen LogP contribution < -0.4 is 4.72 Å². The molecule has 0 atom stereocenters. The van der Waals surface area contributed by atoms with E-state index in [-0.39, 0.29) is 6.61 Å². The number of aliphatic hydroxyl groups is 1. The Hall–Kier alpha value is -0.170. The average Bonchev–Trinajstić information content (AvgIpc) is 2.13. The molecule has 0 unspecified atom stereocenters. The Morgan fingerprint density at radius 3 is 2.47 bits per heavy atom. The fourth-order valence-electron chi connectivity index (χ4n) is 1.00. The summed E-state index contributed by atoms with van der Waals surface area (Å²) in [6.07, 6.45) is 1.29. The molecule has 2 N–H and O–H groups in total. The van der Waals surface area contributed by atoms with Gasteiger partial charge in [-0.3, -0.25) is 0 Å². The van der Waals surface area contributed by atoms with Crippen LogP contribution in [0.4, 0.5) is 0 Å². The molecule has 0 saturated carbocycles. The quantitative estimate of drug-likeness (QED) is 0.634. The van der Waals surface area contributed by atoms with Crippen LogP contribution in [0.1, 0.15) is 26.7 Å². The van der Waals surface area contributed by atoms with Crippen LogP contribution in [-0.2, 0) is 10.2 Å². The third-order valence-electron chi connectivity index (χ3n) is 2.05. The van der Waals surface area contributed by atoms with Gasteiger partial charge < -0.3 is 5.11 Å². The molecule has 0 saturated heterocycles. The molecule has 0 aromatic rings. The standard InChI is InChI=1S/C9H22N2O3S/c1-9(2)5-6-10-15(13,14)11(3)7-4-8-12/h9-10,12H,4-8H2,1-3H3. The van der Waals surface area contributed by atoms with Crippen LogP contribution >= 0.6 is 0 Å². The zero-order valence-electron chi connectivity index (χ0n) is 9.73. The van der Waals surface area contributed by atoms with Gasteiger partial charge >= 0.3 is 0 Å². The van der Waals surface area contributed by atoms with Crippen molar-refractivity contribution in [3.05, 3.63) is 0 Å². The third-order valence-corrected chi connectivity index (χ3v) is 3.62. The largest absolute Gasteiger partial charge is 0.396 e. The summed E-state index contributed by atoms with van der Waals surface area (Å²) in [5, 5.41) is 8.59. The van der Waals surface area contributed by atoms with E-state index in [9.17, 15) is 8.42 Å². The van der Waals surface area contributed by atoms with Crippen molar-refractivity contribution in [3.8, 4) is 0 Å². The first-order valence-electron chi connectivity index (χ1n) is 5.22. The first-order valence-corrected chi connectivity index (χ1v) is 6.66. The molecule has 0 aliphatic rings. The van der Waals surface area contributed by atoms with Crippen molar-refractivity contribution in [3.63, 3.8) is 0 Å². The van der Waals surface area contributed by atoms with Crippen molar-refractivity contribution in [1.82, 2.24) is 9.03 Å². The van der Waals surface area contributed by atoms with Crippen LogP contribution in [0.5, 0.6) is 0 Å². The minimum absolute atomic E-state index is 0.00581. The molecule has 0 spiro atoms. The number of rotatable bonds is 8. The predicted octanol–water partition coefficient (Wildman–Crippen LogP) is 0.181. The second-order valence-electron chi connectivity index (χ2n) is 3.98. The molecule has 0 aromatic carbocycles. The lowest BCUT2D eigenvalue weighted by molar-refractivity contribution is 0.275. The van der Waals surface area contributed by atoms with Gasteiger partial charge in [-0.15, -0.1) is 0 Å². The fourth-order valence-corrected chi connectivity index (χ4v) is 1.97. The fraction of sp³-hybridized carbons (Fsp3) is 1.00. The van der Waals surface area contributed by atoms with Gasteiger partial charge in [-0.25, -0.2) is 4.72 Å². The molecule has 0 amide bonds. The minimum Gasteiger partial charge on any atom is -0.396 e. The van der Waals surface area contributed by atoms with Crippen LogP contribution in [0, 0.1) is 5.92 Å². The Morgan fingerprint density at radius 1 is 1.40 bits per heavy atom. The monoisotopic (exact) mass is 238 g/mol. The zero-order chi connectivity index (χ0) is 11.9. The highest BCUT2D eigenvalue weighted by molar-refractivity contribution is 7.87. The molecular formula is C9H22N2O3S. The highest BCUT2D eigenvalue weighted by atomic mass is 32.2. The van der Waals surface area contributed by atoms with E-state index in [2.05, 4.69) is 4.72 Å². The smallest absolute Gasteiger partial charge is 0.279 e. The lowest BCUT2D eigenvalue weighted by atomic mass is 10.1. The Kier molecular flexibility index (Phi) is 7.08. The molecule has 15 heavy (non-hydrogen) atoms. The van der Waals surface area contributed by atoms with E-state index in [4.69, 9.17) is 5.11 Å². The third kappa shape index (κ3) is 6.83. The Labute approximate surface area is 92.7 Å². The number of nitrogens with one attached hydrogen (secondary N) is 1. The molecule has 0 fully saturated rings. The number of aliphatic hydroxyl groups excluding tert-OH is 1. The van der Waals surface area contributed by atoms with E-state index >= 15 is 0 Å². The summed E-state index contributed by atoms with van der Waals surface area (Å²) in [5.41, 5.74) is 0. The summed E-state index contributed by atoms with van der Waals surface area (Å²) in [5.74, 6) is 0.482. The lowest BCUT2D eigenvalue weighted by Gasteiger charge is -2.17. The van der Waals surface area contributed by atoms with Gasteiger partial charge in [0.15, 0.2) is 0 Å². The van der Waals surface area contributed by atoms with Crippen molar-refractivity contribution in [2.24, 2.45) is 5.92 Å². The van der Waals surface area contributed by atoms with E-state index in [0.717, 1.165) is 6.42 Å². The maximum Gasteiger partial charge on any atom is 0.279 e. The van der Waals surface area contributed by atoms with Crippen LogP contribution in [0.3, 0.4) is 0 Å². The predicted molar refractivity (Wildman–Crippen MR) is 60.7 cm³/mol. The SMILES string of the molecule is CC(C)CCNS(=O)(=O)N(C)CCCO. The van der Waals surface area contributed by atoms with Gasteiger partial charge in [-0.2, -0.15) is 12.7 Å². The maximum atomic E-state index is 11.6. The number of nitrogens with zero attached hydrogens (tertiary/aromatic N) is 1. The van der Waals surface area contributed by atoms with E-state index in [1.165, 1.54) is 11.4 Å². The van der Waals surface area contributed by atoms with Gasteiger partial charge in [0.25, 0.3) is 10.2 Å². The molecule has 0 aliphatic heterocycles. The Bertz CT molecular complexity index is 252. The second kappa shape index (κ2) is 7.16. The molecule has 0 heterocycles. The molecule has 0 aliphatic carbocycles. The van der Waals surface area contributed by atoms with Crippen LogP contribution in [0.2, 0.25) is 0 Å². The van der Waals surface area contributed by atoms with Gasteiger partial charge in [0, 0.05) is 26.7 Å². The van der Waals surface area contributed by atoms with Crippen molar-refractivity contribution in [2.75, 3.05) is 26.7 Å². The summed E-state index contributed by atoms with van der Waals surface area (Å²) in [7, 11) is -1.85. The van der Waals surface area contributed by atoms with Crippen molar-refractivity contribution < 1.29 is 13.5 Å². The Morgan fingerprint density at radius 2 is 2.00 bits per heavy atom. The van der Waals surface area contributed by atoms with Crippen molar-refractivity contribution in [2.45, 2.75) is 26.7 Å². The van der Waals surface area contributed by atoms with Crippen LogP contribution in [-0.4, -0.2) is 44.6 Å². The topological polar surface area (TPSA) is 69.6 Å². The summed E-state index contributed by atoms with van der Waals surface area (Å²) in [6, 6.07) is 0. The zero-order valence-corrected chi connectivity index (χ0v) is 10.5. The molecule has 0 bridgehead atoms. The number of hydrogen-bond acceptors (Lipinski definition) is 3. The van der Waals surface area contributed by atoms with E-state index in [1.807, 2.05) is 13.8 Å². The van der Waals surface area contributed by atoms with Crippen LogP contribution in [0.15, 0.2) is 0 Å². The normalized spacial score (nSPS) is 12.7. The summed E-state index contributed by atoms with van der Waals surface area (Å²) in [6.45, 7) is 4.90. The summed E-state index contributed by atoms with van der Waals surface area (Å²) >= 11 is 0. The van der Waals surface area contributed by atoms with Gasteiger partial charge in [-0.05, 0) is 18.8 Å². The first kappa shape index (κ1) is 14.8. The molecule has 5 nitrogen and oxygen atoms in total. The molecular weight excluding hydrogens is 216 g/mol. The van der Waals surface area contributed by atoms with Crippen LogP contribution in [0.25, 0.3) is 0 Å². The molecule has 0 aromatic heterocycles. The van der Waals surface area contributed by atoms with E-state index in [0.29, 0.717) is 25.4 Å². The molecule has 0 rings (SSSR count). The van der Waals surface area contributed by atoms with Crippen molar-refractivity contribution >= 4 is 10.2 Å². The molecule has 6 heteroatoms. The second-order valence-corrected chi connectivity index (χ2v) is 5.84. The summed E-state index contributed by atoms with van der Waals surface area (Å²) in [4.78, 5) is 0. The highest BCUT2D eigenvalue weighted by Crippen LogP contribution is 2.00. The molecule has 92 valence electrons. The summed E-state index contributed by atoms with van der Waals surface area (Å²) < 4.78 is 26.8. The molecule has 0 radical (unpaired) electrons. The van der Waals surface area contributed by atoms with E-state index < -0.39 is 10.2 Å².